The molecule has 0 aliphatic heterocycles. The van der Waals surface area contributed by atoms with Crippen molar-refractivity contribution in [2.75, 3.05) is 6.54 Å². The highest BCUT2D eigenvalue weighted by atomic mass is 15.0. The van der Waals surface area contributed by atoms with Gasteiger partial charge in [0.05, 0.1) is 6.54 Å². The minimum atomic E-state index is 0.657. The van der Waals surface area contributed by atoms with Crippen LogP contribution in [-0.2, 0) is 13.0 Å². The SMILES string of the molecule is c1ccc2c(c1)CCCC2CNCc1ncc[nH]1. The number of aryl methyl sites for hydroxylation is 1. The van der Waals surface area contributed by atoms with E-state index in [0.29, 0.717) is 5.92 Å². The highest BCUT2D eigenvalue weighted by Crippen LogP contribution is 2.30. The van der Waals surface area contributed by atoms with Crippen LogP contribution in [0, 0.1) is 0 Å². The fraction of sp³-hybridized carbons (Fsp3) is 0.400. The molecule has 0 saturated carbocycles. The molecule has 2 aromatic rings. The topological polar surface area (TPSA) is 40.7 Å². The van der Waals surface area contributed by atoms with Gasteiger partial charge in [-0.2, -0.15) is 0 Å². The second-order valence-electron chi connectivity index (χ2n) is 4.95. The van der Waals surface area contributed by atoms with Crippen molar-refractivity contribution < 1.29 is 0 Å². The lowest BCUT2D eigenvalue weighted by molar-refractivity contribution is 0.503. The van der Waals surface area contributed by atoms with Crippen LogP contribution < -0.4 is 5.32 Å². The lowest BCUT2D eigenvalue weighted by atomic mass is 9.83. The maximum atomic E-state index is 4.23. The molecule has 1 aliphatic rings. The molecule has 0 amide bonds. The van der Waals surface area contributed by atoms with Gasteiger partial charge in [0.15, 0.2) is 0 Å². The van der Waals surface area contributed by atoms with Gasteiger partial charge >= 0.3 is 0 Å². The van der Waals surface area contributed by atoms with Gasteiger partial charge in [0.2, 0.25) is 0 Å². The van der Waals surface area contributed by atoms with E-state index in [0.717, 1.165) is 18.9 Å². The minimum Gasteiger partial charge on any atom is -0.348 e. The third kappa shape index (κ3) is 2.46. The summed E-state index contributed by atoms with van der Waals surface area (Å²) in [4.78, 5) is 7.35. The predicted molar refractivity (Wildman–Crippen MR) is 72.4 cm³/mol. The second-order valence-corrected chi connectivity index (χ2v) is 4.95. The van der Waals surface area contributed by atoms with Crippen LogP contribution in [0.5, 0.6) is 0 Å². The summed E-state index contributed by atoms with van der Waals surface area (Å²) >= 11 is 0. The molecule has 0 saturated heterocycles. The third-order valence-corrected chi connectivity index (χ3v) is 3.73. The summed E-state index contributed by atoms with van der Waals surface area (Å²) in [6.07, 6.45) is 7.51. The number of nitrogens with zero attached hydrogens (tertiary/aromatic N) is 1. The largest absolute Gasteiger partial charge is 0.348 e. The predicted octanol–water partition coefficient (Wildman–Crippen LogP) is 2.62. The first kappa shape index (κ1) is 11.5. The fourth-order valence-electron chi connectivity index (χ4n) is 2.83. The van der Waals surface area contributed by atoms with Crippen LogP contribution in [0.1, 0.15) is 35.7 Å². The van der Waals surface area contributed by atoms with E-state index in [-0.39, 0.29) is 0 Å². The summed E-state index contributed by atoms with van der Waals surface area (Å²) in [6.45, 7) is 1.86. The van der Waals surface area contributed by atoms with E-state index in [4.69, 9.17) is 0 Å². The lowest BCUT2D eigenvalue weighted by Gasteiger charge is -2.25. The monoisotopic (exact) mass is 241 g/mol. The van der Waals surface area contributed by atoms with Crippen LogP contribution in [-0.4, -0.2) is 16.5 Å². The summed E-state index contributed by atoms with van der Waals surface area (Å²) in [6, 6.07) is 8.86. The first-order valence-electron chi connectivity index (χ1n) is 6.70. The zero-order chi connectivity index (χ0) is 12.2. The maximum absolute atomic E-state index is 4.23. The second kappa shape index (κ2) is 5.36. The number of H-pyrrole nitrogens is 1. The van der Waals surface area contributed by atoms with Crippen LogP contribution in [0.15, 0.2) is 36.7 Å². The molecule has 0 bridgehead atoms. The molecule has 1 unspecified atom stereocenters. The fourth-order valence-corrected chi connectivity index (χ4v) is 2.83. The summed E-state index contributed by atoms with van der Waals surface area (Å²) < 4.78 is 0. The lowest BCUT2D eigenvalue weighted by Crippen LogP contribution is -2.24. The molecule has 3 heteroatoms. The molecule has 3 nitrogen and oxygen atoms in total. The van der Waals surface area contributed by atoms with Crippen LogP contribution >= 0.6 is 0 Å². The summed E-state index contributed by atoms with van der Waals surface area (Å²) in [7, 11) is 0. The number of hydrogen-bond acceptors (Lipinski definition) is 2. The molecular weight excluding hydrogens is 222 g/mol. The molecular formula is C15H19N3. The average Bonchev–Trinajstić information content (AvgIpc) is 2.92. The van der Waals surface area contributed by atoms with Gasteiger partial charge in [0, 0.05) is 18.9 Å². The molecule has 1 atom stereocenters. The Morgan fingerprint density at radius 2 is 2.28 bits per heavy atom. The Kier molecular flexibility index (Phi) is 3.42. The molecule has 0 fully saturated rings. The molecule has 0 radical (unpaired) electrons. The molecule has 2 N–H and O–H groups in total. The molecule has 1 heterocycles. The Balaban J connectivity index is 1.60. The summed E-state index contributed by atoms with van der Waals surface area (Å²) in [5.41, 5.74) is 3.07. The van der Waals surface area contributed by atoms with Crippen LogP contribution in [0.25, 0.3) is 0 Å². The van der Waals surface area contributed by atoms with E-state index in [2.05, 4.69) is 39.6 Å². The Bertz CT molecular complexity index is 490. The van der Waals surface area contributed by atoms with Gasteiger partial charge in [-0.25, -0.2) is 4.98 Å². The zero-order valence-electron chi connectivity index (χ0n) is 10.5. The number of aromatic nitrogens is 2. The third-order valence-electron chi connectivity index (χ3n) is 3.73. The van der Waals surface area contributed by atoms with E-state index < -0.39 is 0 Å². The van der Waals surface area contributed by atoms with Gasteiger partial charge in [-0.1, -0.05) is 24.3 Å². The molecule has 18 heavy (non-hydrogen) atoms. The van der Waals surface area contributed by atoms with Gasteiger partial charge in [-0.05, 0) is 36.3 Å². The van der Waals surface area contributed by atoms with Gasteiger partial charge in [-0.3, -0.25) is 0 Å². The van der Waals surface area contributed by atoms with Crippen molar-refractivity contribution in [3.63, 3.8) is 0 Å². The highest BCUT2D eigenvalue weighted by Gasteiger charge is 2.19. The first-order valence-corrected chi connectivity index (χ1v) is 6.70. The Labute approximate surface area is 108 Å². The van der Waals surface area contributed by atoms with Crippen molar-refractivity contribution in [1.82, 2.24) is 15.3 Å². The van der Waals surface area contributed by atoms with Gasteiger partial charge in [0.1, 0.15) is 5.82 Å². The van der Waals surface area contributed by atoms with Crippen LogP contribution in [0.4, 0.5) is 0 Å². The quantitative estimate of drug-likeness (QED) is 0.864. The van der Waals surface area contributed by atoms with Gasteiger partial charge in [-0.15, -0.1) is 0 Å². The Morgan fingerprint density at radius 1 is 1.33 bits per heavy atom. The number of aromatic amines is 1. The summed E-state index contributed by atoms with van der Waals surface area (Å²) in [5, 5.41) is 3.50. The first-order chi connectivity index (χ1) is 8.93. The van der Waals surface area contributed by atoms with E-state index in [1.165, 1.54) is 30.4 Å². The van der Waals surface area contributed by atoms with Crippen LogP contribution in [0.2, 0.25) is 0 Å². The minimum absolute atomic E-state index is 0.657. The van der Waals surface area contributed by atoms with Crippen molar-refractivity contribution >= 4 is 0 Å². The number of fused-ring (bicyclic) bond motifs is 1. The molecule has 0 spiro atoms. The zero-order valence-corrected chi connectivity index (χ0v) is 10.5. The van der Waals surface area contributed by atoms with Crippen molar-refractivity contribution in [3.8, 4) is 0 Å². The van der Waals surface area contributed by atoms with E-state index in [1.807, 2.05) is 6.20 Å². The number of hydrogen-bond donors (Lipinski definition) is 2. The van der Waals surface area contributed by atoms with E-state index in [1.54, 1.807) is 6.20 Å². The van der Waals surface area contributed by atoms with Crippen molar-refractivity contribution in [1.29, 1.82) is 0 Å². The molecule has 3 rings (SSSR count). The summed E-state index contributed by atoms with van der Waals surface area (Å²) in [5.74, 6) is 1.67. The van der Waals surface area contributed by atoms with Gasteiger partial charge in [0.25, 0.3) is 0 Å². The number of nitrogens with one attached hydrogen (secondary N) is 2. The van der Waals surface area contributed by atoms with Gasteiger partial charge < -0.3 is 10.3 Å². The van der Waals surface area contributed by atoms with Crippen molar-refractivity contribution in [2.24, 2.45) is 0 Å². The normalized spacial score (nSPS) is 18.6. The van der Waals surface area contributed by atoms with Crippen LogP contribution in [0.3, 0.4) is 0 Å². The average molecular weight is 241 g/mol. The number of benzene rings is 1. The molecule has 1 aromatic carbocycles. The standard InChI is InChI=1S/C15H19N3/c1-2-7-14-12(4-1)5-3-6-13(14)10-16-11-15-17-8-9-18-15/h1-2,4,7-9,13,16H,3,5-6,10-11H2,(H,17,18). The highest BCUT2D eigenvalue weighted by molar-refractivity contribution is 5.32. The molecule has 1 aromatic heterocycles. The van der Waals surface area contributed by atoms with E-state index >= 15 is 0 Å². The van der Waals surface area contributed by atoms with Crippen molar-refractivity contribution in [3.05, 3.63) is 53.6 Å². The Morgan fingerprint density at radius 3 is 3.17 bits per heavy atom. The maximum Gasteiger partial charge on any atom is 0.120 e. The van der Waals surface area contributed by atoms with Crippen molar-refractivity contribution in [2.45, 2.75) is 31.7 Å². The molecule has 1 aliphatic carbocycles. The van der Waals surface area contributed by atoms with E-state index in [9.17, 15) is 0 Å². The molecule has 94 valence electrons. The Hall–Kier alpha value is -1.61. The smallest absolute Gasteiger partial charge is 0.120 e. The number of rotatable bonds is 4. The number of imidazole rings is 1.